The Morgan fingerprint density at radius 1 is 0.971 bits per heavy atom. The summed E-state index contributed by atoms with van der Waals surface area (Å²) in [5.74, 6) is -4.15. The zero-order chi connectivity index (χ0) is 24.6. The van der Waals surface area contributed by atoms with Crippen molar-refractivity contribution in [3.63, 3.8) is 0 Å². The van der Waals surface area contributed by atoms with Gasteiger partial charge in [-0.1, -0.05) is 6.07 Å². The number of pyridine rings is 1. The Morgan fingerprint density at radius 2 is 1.65 bits per heavy atom. The molecule has 2 aromatic carbocycles. The van der Waals surface area contributed by atoms with E-state index in [4.69, 9.17) is 4.42 Å². The van der Waals surface area contributed by atoms with Gasteiger partial charge in [-0.25, -0.2) is 22.5 Å². The normalized spacial score (nSPS) is 11.7. The number of aliphatic hydroxyl groups is 2. The highest BCUT2D eigenvalue weighted by molar-refractivity contribution is 5.77. The van der Waals surface area contributed by atoms with Crippen LogP contribution < -0.4 is 5.56 Å². The lowest BCUT2D eigenvalue weighted by Crippen LogP contribution is -2.31. The summed E-state index contributed by atoms with van der Waals surface area (Å²) in [6, 6.07) is 8.19. The van der Waals surface area contributed by atoms with Gasteiger partial charge in [-0.05, 0) is 37.3 Å². The number of oxazole rings is 1. The van der Waals surface area contributed by atoms with Crippen LogP contribution in [0.15, 0.2) is 63.9 Å². The molecule has 10 heteroatoms. The standard InChI is InChI=1S/C24H18F4N2O4/c1-24(11-31,12-32)23-29-20(22(34-23)15-7-6-14(25)9-18(15)28)13-5-8-19(33)30(10-13)21-16(26)3-2-4-17(21)27/h2-10,31-32H,11-12H2,1H3. The van der Waals surface area contributed by atoms with Gasteiger partial charge in [-0.15, -0.1) is 0 Å². The van der Waals surface area contributed by atoms with Crippen LogP contribution in [0.1, 0.15) is 12.8 Å². The lowest BCUT2D eigenvalue weighted by molar-refractivity contribution is 0.109. The molecule has 6 nitrogen and oxygen atoms in total. The molecule has 0 amide bonds. The summed E-state index contributed by atoms with van der Waals surface area (Å²) >= 11 is 0. The summed E-state index contributed by atoms with van der Waals surface area (Å²) in [6.45, 7) is 0.298. The number of benzene rings is 2. The van der Waals surface area contributed by atoms with E-state index in [0.29, 0.717) is 6.07 Å². The van der Waals surface area contributed by atoms with Crippen molar-refractivity contribution in [2.24, 2.45) is 0 Å². The third kappa shape index (κ3) is 4.02. The fourth-order valence-electron chi connectivity index (χ4n) is 3.34. The lowest BCUT2D eigenvalue weighted by atomic mass is 9.93. The molecule has 2 N–H and O–H groups in total. The quantitative estimate of drug-likeness (QED) is 0.413. The van der Waals surface area contributed by atoms with Crippen molar-refractivity contribution in [1.29, 1.82) is 0 Å². The average Bonchev–Trinajstić information content (AvgIpc) is 3.25. The van der Waals surface area contributed by atoms with Crippen molar-refractivity contribution in [2.45, 2.75) is 12.3 Å². The van der Waals surface area contributed by atoms with Gasteiger partial charge in [0.25, 0.3) is 5.56 Å². The fourth-order valence-corrected chi connectivity index (χ4v) is 3.34. The van der Waals surface area contributed by atoms with Crippen molar-refractivity contribution >= 4 is 0 Å². The molecule has 0 unspecified atom stereocenters. The first-order valence-electron chi connectivity index (χ1n) is 10.0. The molecule has 0 atom stereocenters. The summed E-state index contributed by atoms with van der Waals surface area (Å²) in [7, 11) is 0. The molecule has 0 spiro atoms. The average molecular weight is 474 g/mol. The molecule has 176 valence electrons. The minimum absolute atomic E-state index is 0.0564. The Morgan fingerprint density at radius 3 is 2.26 bits per heavy atom. The highest BCUT2D eigenvalue weighted by Gasteiger charge is 2.33. The summed E-state index contributed by atoms with van der Waals surface area (Å²) in [5.41, 5.74) is -2.88. The number of para-hydroxylation sites is 1. The van der Waals surface area contributed by atoms with Crippen LogP contribution in [0.3, 0.4) is 0 Å². The van der Waals surface area contributed by atoms with E-state index in [-0.39, 0.29) is 28.5 Å². The maximum Gasteiger partial charge on any atom is 0.255 e. The van der Waals surface area contributed by atoms with Crippen LogP contribution in [0.4, 0.5) is 17.6 Å². The molecule has 34 heavy (non-hydrogen) atoms. The Labute approximate surface area is 190 Å². The predicted molar refractivity (Wildman–Crippen MR) is 114 cm³/mol. The summed E-state index contributed by atoms with van der Waals surface area (Å²) < 4.78 is 63.3. The number of rotatable bonds is 6. The van der Waals surface area contributed by atoms with Gasteiger partial charge in [0.1, 0.15) is 34.7 Å². The number of aliphatic hydroxyl groups excluding tert-OH is 2. The third-order valence-electron chi connectivity index (χ3n) is 5.38. The minimum atomic E-state index is -1.37. The van der Waals surface area contributed by atoms with Gasteiger partial charge in [0.05, 0.1) is 24.2 Å². The van der Waals surface area contributed by atoms with E-state index in [0.717, 1.165) is 47.2 Å². The molecule has 0 aliphatic rings. The van der Waals surface area contributed by atoms with Crippen LogP contribution in [-0.4, -0.2) is 33.0 Å². The Balaban J connectivity index is 1.99. The Hall–Kier alpha value is -3.76. The SMILES string of the molecule is CC(CO)(CO)c1nc(-c2ccc(=O)n(-c3c(F)cccc3F)c2)c(-c2ccc(F)cc2F)o1. The van der Waals surface area contributed by atoms with Crippen molar-refractivity contribution in [2.75, 3.05) is 13.2 Å². The molecular weight excluding hydrogens is 456 g/mol. The number of hydrogen-bond acceptors (Lipinski definition) is 5. The van der Waals surface area contributed by atoms with Crippen LogP contribution >= 0.6 is 0 Å². The molecule has 0 saturated carbocycles. The zero-order valence-corrected chi connectivity index (χ0v) is 17.7. The molecule has 4 aromatic rings. The summed E-state index contributed by atoms with van der Waals surface area (Å²) in [4.78, 5) is 16.7. The highest BCUT2D eigenvalue weighted by atomic mass is 19.1. The van der Waals surface area contributed by atoms with E-state index < -0.39 is 53.1 Å². The molecule has 0 saturated heterocycles. The van der Waals surface area contributed by atoms with Crippen LogP contribution in [0.25, 0.3) is 28.3 Å². The molecule has 2 heterocycles. The molecular formula is C24H18F4N2O4. The Kier molecular flexibility index (Phi) is 6.11. The monoisotopic (exact) mass is 474 g/mol. The topological polar surface area (TPSA) is 88.5 Å². The van der Waals surface area contributed by atoms with Gasteiger partial charge in [0.2, 0.25) is 5.89 Å². The van der Waals surface area contributed by atoms with Crippen molar-refractivity contribution in [3.8, 4) is 28.3 Å². The molecule has 0 bridgehead atoms. The van der Waals surface area contributed by atoms with Crippen LogP contribution in [0, 0.1) is 23.3 Å². The van der Waals surface area contributed by atoms with E-state index in [2.05, 4.69) is 4.98 Å². The number of halogens is 4. The first kappa shape index (κ1) is 23.4. The van der Waals surface area contributed by atoms with Gasteiger partial charge >= 0.3 is 0 Å². The molecule has 0 radical (unpaired) electrons. The van der Waals surface area contributed by atoms with E-state index in [1.54, 1.807) is 0 Å². The van der Waals surface area contributed by atoms with Crippen molar-refractivity contribution in [3.05, 3.63) is 94.2 Å². The van der Waals surface area contributed by atoms with E-state index in [1.165, 1.54) is 13.0 Å². The Bertz CT molecular complexity index is 1410. The van der Waals surface area contributed by atoms with Gasteiger partial charge in [-0.3, -0.25) is 9.36 Å². The lowest BCUT2D eigenvalue weighted by Gasteiger charge is -2.19. The maximum atomic E-state index is 14.6. The summed E-state index contributed by atoms with van der Waals surface area (Å²) in [5, 5.41) is 19.5. The molecule has 0 aliphatic carbocycles. The fraction of sp³-hybridized carbons (Fsp3) is 0.167. The second-order valence-electron chi connectivity index (χ2n) is 7.89. The van der Waals surface area contributed by atoms with E-state index in [9.17, 15) is 32.6 Å². The van der Waals surface area contributed by atoms with Crippen LogP contribution in [0.2, 0.25) is 0 Å². The van der Waals surface area contributed by atoms with Gasteiger partial charge in [-0.2, -0.15) is 0 Å². The molecule has 0 fully saturated rings. The number of nitrogens with zero attached hydrogens (tertiary/aromatic N) is 2. The maximum absolute atomic E-state index is 14.6. The number of aromatic nitrogens is 2. The molecule has 2 aromatic heterocycles. The first-order valence-corrected chi connectivity index (χ1v) is 10.0. The number of hydrogen-bond donors (Lipinski definition) is 2. The van der Waals surface area contributed by atoms with Crippen LogP contribution in [0.5, 0.6) is 0 Å². The van der Waals surface area contributed by atoms with E-state index >= 15 is 0 Å². The minimum Gasteiger partial charge on any atom is -0.439 e. The highest BCUT2D eigenvalue weighted by Crippen LogP contribution is 2.37. The smallest absolute Gasteiger partial charge is 0.255 e. The first-order chi connectivity index (χ1) is 16.2. The largest absolute Gasteiger partial charge is 0.439 e. The summed E-state index contributed by atoms with van der Waals surface area (Å²) in [6.07, 6.45) is 1.10. The van der Waals surface area contributed by atoms with Crippen molar-refractivity contribution in [1.82, 2.24) is 9.55 Å². The van der Waals surface area contributed by atoms with Gasteiger partial charge < -0.3 is 14.6 Å². The molecule has 0 aliphatic heterocycles. The van der Waals surface area contributed by atoms with E-state index in [1.807, 2.05) is 0 Å². The third-order valence-corrected chi connectivity index (χ3v) is 5.38. The molecule has 4 rings (SSSR count). The van der Waals surface area contributed by atoms with Crippen LogP contribution in [-0.2, 0) is 5.41 Å². The van der Waals surface area contributed by atoms with Gasteiger partial charge in [0, 0.05) is 23.9 Å². The second kappa shape index (κ2) is 8.88. The van der Waals surface area contributed by atoms with Crippen molar-refractivity contribution < 1.29 is 32.2 Å². The second-order valence-corrected chi connectivity index (χ2v) is 7.89. The predicted octanol–water partition coefficient (Wildman–Crippen LogP) is 3.96. The zero-order valence-electron chi connectivity index (χ0n) is 17.7. The van der Waals surface area contributed by atoms with Gasteiger partial charge in [0.15, 0.2) is 5.76 Å².